The minimum Gasteiger partial charge on any atom is -0.333 e. The van der Waals surface area contributed by atoms with Crippen molar-refractivity contribution in [2.75, 3.05) is 12.0 Å². The topological polar surface area (TPSA) is 58.4 Å². The van der Waals surface area contributed by atoms with Crippen LogP contribution in [0.3, 0.4) is 0 Å². The van der Waals surface area contributed by atoms with Gasteiger partial charge < -0.3 is 10.3 Å². The number of nitrogens with zero attached hydrogens (tertiary/aromatic N) is 1. The van der Waals surface area contributed by atoms with Gasteiger partial charge in [-0.3, -0.25) is 10.6 Å². The quantitative estimate of drug-likeness (QED) is 0.652. The van der Waals surface area contributed by atoms with E-state index in [4.69, 9.17) is 5.84 Å². The van der Waals surface area contributed by atoms with Crippen molar-refractivity contribution in [1.29, 1.82) is 0 Å². The number of alkyl halides is 3. The summed E-state index contributed by atoms with van der Waals surface area (Å²) in [7, 11) is 0. The summed E-state index contributed by atoms with van der Waals surface area (Å²) in [5, 5.41) is 0. The molecule has 0 aromatic heterocycles. The first-order valence-electron chi connectivity index (χ1n) is 6.66. The zero-order valence-electron chi connectivity index (χ0n) is 11.9. The average molecular weight is 301 g/mol. The summed E-state index contributed by atoms with van der Waals surface area (Å²) >= 11 is 0. The van der Waals surface area contributed by atoms with E-state index in [2.05, 4.69) is 5.43 Å². The largest absolute Gasteiger partial charge is 0.416 e. The van der Waals surface area contributed by atoms with E-state index in [1.54, 1.807) is 4.90 Å². The van der Waals surface area contributed by atoms with Crippen LogP contribution in [0.25, 0.3) is 0 Å². The second-order valence-electron chi connectivity index (χ2n) is 5.78. The first-order chi connectivity index (χ1) is 9.66. The van der Waals surface area contributed by atoms with Gasteiger partial charge in [-0.1, -0.05) is 0 Å². The average Bonchev–Trinajstić information content (AvgIpc) is 2.75. The Balaban J connectivity index is 2.44. The Morgan fingerprint density at radius 2 is 2.05 bits per heavy atom. The highest BCUT2D eigenvalue weighted by atomic mass is 19.4. The highest BCUT2D eigenvalue weighted by molar-refractivity contribution is 6.00. The van der Waals surface area contributed by atoms with Gasteiger partial charge in [-0.05, 0) is 44.9 Å². The molecule has 7 heteroatoms. The standard InChI is InChI=1S/C14H18F3N3O/c1-13(2)6-3-7-20(13)12(21)10-8-9(14(15,16)17)4-5-11(10)19-18/h4-5,8,19H,3,6-7,18H2,1-2H3. The molecule has 0 aliphatic carbocycles. The molecule has 1 amide bonds. The summed E-state index contributed by atoms with van der Waals surface area (Å²) in [6.07, 6.45) is -2.84. The number of halogens is 3. The highest BCUT2D eigenvalue weighted by Gasteiger charge is 2.38. The van der Waals surface area contributed by atoms with Crippen LogP contribution in [0.1, 0.15) is 42.6 Å². The van der Waals surface area contributed by atoms with Crippen LogP contribution in [0.5, 0.6) is 0 Å². The molecule has 1 aliphatic heterocycles. The fourth-order valence-corrected chi connectivity index (χ4v) is 2.65. The molecule has 0 saturated carbocycles. The first-order valence-corrected chi connectivity index (χ1v) is 6.66. The maximum Gasteiger partial charge on any atom is 0.416 e. The van der Waals surface area contributed by atoms with Crippen molar-refractivity contribution in [1.82, 2.24) is 4.90 Å². The molecule has 0 radical (unpaired) electrons. The Morgan fingerprint density at radius 3 is 2.52 bits per heavy atom. The van der Waals surface area contributed by atoms with Crippen molar-refractivity contribution < 1.29 is 18.0 Å². The number of nitrogens with two attached hydrogens (primary N) is 1. The van der Waals surface area contributed by atoms with E-state index in [1.165, 1.54) is 6.07 Å². The SMILES string of the molecule is CC1(C)CCCN1C(=O)c1cc(C(F)(F)F)ccc1NN. The number of benzene rings is 1. The van der Waals surface area contributed by atoms with Crippen LogP contribution < -0.4 is 11.3 Å². The summed E-state index contributed by atoms with van der Waals surface area (Å²) in [4.78, 5) is 14.2. The lowest BCUT2D eigenvalue weighted by molar-refractivity contribution is -0.137. The van der Waals surface area contributed by atoms with Gasteiger partial charge in [0.2, 0.25) is 0 Å². The van der Waals surface area contributed by atoms with Crippen LogP contribution >= 0.6 is 0 Å². The van der Waals surface area contributed by atoms with E-state index >= 15 is 0 Å². The lowest BCUT2D eigenvalue weighted by atomic mass is 10.0. The van der Waals surface area contributed by atoms with E-state index in [0.29, 0.717) is 6.54 Å². The molecule has 1 aromatic rings. The third kappa shape index (κ3) is 2.97. The molecule has 2 rings (SSSR count). The maximum atomic E-state index is 12.8. The van der Waals surface area contributed by atoms with Crippen molar-refractivity contribution in [3.8, 4) is 0 Å². The molecule has 1 fully saturated rings. The van der Waals surface area contributed by atoms with Gasteiger partial charge in [-0.2, -0.15) is 13.2 Å². The molecule has 1 aromatic carbocycles. The predicted octanol–water partition coefficient (Wildman–Crippen LogP) is 3.01. The van der Waals surface area contributed by atoms with Crippen molar-refractivity contribution in [2.24, 2.45) is 5.84 Å². The van der Waals surface area contributed by atoms with Crippen LogP contribution in [0.2, 0.25) is 0 Å². The number of carbonyl (C=O) groups excluding carboxylic acids is 1. The minimum atomic E-state index is -4.50. The van der Waals surface area contributed by atoms with Crippen LogP contribution in [0, 0.1) is 0 Å². The molecule has 21 heavy (non-hydrogen) atoms. The van der Waals surface area contributed by atoms with Crippen molar-refractivity contribution in [2.45, 2.75) is 38.4 Å². The van der Waals surface area contributed by atoms with Crippen LogP contribution in [0.15, 0.2) is 18.2 Å². The second-order valence-corrected chi connectivity index (χ2v) is 5.78. The van der Waals surface area contributed by atoms with Gasteiger partial charge in [-0.25, -0.2) is 0 Å². The zero-order chi connectivity index (χ0) is 15.8. The molecule has 0 unspecified atom stereocenters. The van der Waals surface area contributed by atoms with Gasteiger partial charge in [0.15, 0.2) is 0 Å². The van der Waals surface area contributed by atoms with Gasteiger partial charge in [-0.15, -0.1) is 0 Å². The molecule has 1 saturated heterocycles. The second kappa shape index (κ2) is 5.22. The predicted molar refractivity (Wildman–Crippen MR) is 73.6 cm³/mol. The van der Waals surface area contributed by atoms with Crippen LogP contribution in [-0.4, -0.2) is 22.9 Å². The van der Waals surface area contributed by atoms with E-state index in [0.717, 1.165) is 25.0 Å². The molecule has 0 atom stereocenters. The number of hydrazine groups is 1. The van der Waals surface area contributed by atoms with E-state index in [9.17, 15) is 18.0 Å². The Kier molecular flexibility index (Phi) is 3.88. The lowest BCUT2D eigenvalue weighted by Gasteiger charge is -2.32. The monoisotopic (exact) mass is 301 g/mol. The lowest BCUT2D eigenvalue weighted by Crippen LogP contribution is -2.43. The van der Waals surface area contributed by atoms with Gasteiger partial charge in [0.25, 0.3) is 5.91 Å². The number of rotatable bonds is 2. The molecule has 0 bridgehead atoms. The van der Waals surface area contributed by atoms with Crippen molar-refractivity contribution >= 4 is 11.6 Å². The van der Waals surface area contributed by atoms with Gasteiger partial charge in [0, 0.05) is 12.1 Å². The van der Waals surface area contributed by atoms with Gasteiger partial charge in [0.05, 0.1) is 16.8 Å². The van der Waals surface area contributed by atoms with Crippen molar-refractivity contribution in [3.63, 3.8) is 0 Å². The number of nitrogens with one attached hydrogen (secondary N) is 1. The molecule has 3 N–H and O–H groups in total. The smallest absolute Gasteiger partial charge is 0.333 e. The molecule has 1 heterocycles. The van der Waals surface area contributed by atoms with E-state index < -0.39 is 17.6 Å². The molecule has 0 spiro atoms. The summed E-state index contributed by atoms with van der Waals surface area (Å²) in [5.41, 5.74) is 1.20. The number of amides is 1. The molecule has 1 aliphatic rings. The fraction of sp³-hybridized carbons (Fsp3) is 0.500. The highest BCUT2D eigenvalue weighted by Crippen LogP contribution is 2.35. The molecular weight excluding hydrogens is 283 g/mol. The van der Waals surface area contributed by atoms with Crippen LogP contribution in [0.4, 0.5) is 18.9 Å². The summed E-state index contributed by atoms with van der Waals surface area (Å²) in [5.74, 6) is 4.88. The number of hydrogen-bond acceptors (Lipinski definition) is 3. The van der Waals surface area contributed by atoms with Gasteiger partial charge in [0.1, 0.15) is 0 Å². The fourth-order valence-electron chi connectivity index (χ4n) is 2.65. The minimum absolute atomic E-state index is 0.0534. The maximum absolute atomic E-state index is 12.8. The van der Waals surface area contributed by atoms with E-state index in [-0.39, 0.29) is 16.8 Å². The molecular formula is C14H18F3N3O. The summed E-state index contributed by atoms with van der Waals surface area (Å²) < 4.78 is 38.5. The number of hydrogen-bond donors (Lipinski definition) is 2. The zero-order valence-corrected chi connectivity index (χ0v) is 11.9. The number of carbonyl (C=O) groups is 1. The Hall–Kier alpha value is -1.76. The number of likely N-dealkylation sites (tertiary alicyclic amines) is 1. The number of nitrogen functional groups attached to an aromatic ring is 1. The third-order valence-corrected chi connectivity index (χ3v) is 3.88. The summed E-state index contributed by atoms with van der Waals surface area (Å²) in [6, 6.07) is 2.94. The Bertz CT molecular complexity index is 555. The third-order valence-electron chi connectivity index (χ3n) is 3.88. The number of anilines is 1. The Labute approximate surface area is 121 Å². The molecule has 116 valence electrons. The normalized spacial score (nSPS) is 17.9. The van der Waals surface area contributed by atoms with E-state index in [1.807, 2.05) is 13.8 Å². The molecule has 4 nitrogen and oxygen atoms in total. The van der Waals surface area contributed by atoms with Crippen molar-refractivity contribution in [3.05, 3.63) is 29.3 Å². The Morgan fingerprint density at radius 1 is 1.38 bits per heavy atom. The first kappa shape index (κ1) is 15.6. The van der Waals surface area contributed by atoms with Crippen LogP contribution in [-0.2, 0) is 6.18 Å². The summed E-state index contributed by atoms with van der Waals surface area (Å²) in [6.45, 7) is 4.34. The van der Waals surface area contributed by atoms with Gasteiger partial charge >= 0.3 is 6.18 Å².